The lowest BCUT2D eigenvalue weighted by Crippen LogP contribution is -1.95. The van der Waals surface area contributed by atoms with Crippen LogP contribution >= 0.6 is 23.2 Å². The summed E-state index contributed by atoms with van der Waals surface area (Å²) in [5.41, 5.74) is 0.922. The van der Waals surface area contributed by atoms with Crippen LogP contribution in [0, 0.1) is 0 Å². The summed E-state index contributed by atoms with van der Waals surface area (Å²) in [7, 11) is 0. The van der Waals surface area contributed by atoms with Gasteiger partial charge in [0.2, 0.25) is 0 Å². The lowest BCUT2D eigenvalue weighted by atomic mass is 10.1. The third kappa shape index (κ3) is 3.05. The van der Waals surface area contributed by atoms with Crippen molar-refractivity contribution in [3.8, 4) is 0 Å². The number of carboxylic acids is 1. The van der Waals surface area contributed by atoms with Crippen LogP contribution in [0.5, 0.6) is 0 Å². The molecule has 2 nitrogen and oxygen atoms in total. The van der Waals surface area contributed by atoms with E-state index >= 15 is 0 Å². The molecule has 0 bridgehead atoms. The third-order valence-electron chi connectivity index (χ3n) is 1.61. The van der Waals surface area contributed by atoms with Crippen LogP contribution in [0.1, 0.15) is 12.5 Å². The zero-order valence-electron chi connectivity index (χ0n) is 7.42. The summed E-state index contributed by atoms with van der Waals surface area (Å²) in [5, 5.41) is 9.62. The minimum atomic E-state index is -0.957. The Balaban J connectivity index is 3.08. The van der Waals surface area contributed by atoms with Gasteiger partial charge < -0.3 is 5.11 Å². The predicted octanol–water partition coefficient (Wildman–Crippen LogP) is 3.48. The smallest absolute Gasteiger partial charge is 0.331 e. The van der Waals surface area contributed by atoms with Crippen molar-refractivity contribution >= 4 is 35.2 Å². The Labute approximate surface area is 91.8 Å². The first-order valence-corrected chi connectivity index (χ1v) is 4.62. The maximum Gasteiger partial charge on any atom is 0.331 e. The van der Waals surface area contributed by atoms with Gasteiger partial charge in [-0.3, -0.25) is 0 Å². The summed E-state index contributed by atoms with van der Waals surface area (Å²) in [5.74, 6) is -0.957. The molecule has 14 heavy (non-hydrogen) atoms. The second kappa shape index (κ2) is 4.49. The van der Waals surface area contributed by atoms with E-state index in [1.165, 1.54) is 13.0 Å². The average molecular weight is 231 g/mol. The highest BCUT2D eigenvalue weighted by molar-refractivity contribution is 6.34. The monoisotopic (exact) mass is 230 g/mol. The lowest BCUT2D eigenvalue weighted by molar-refractivity contribution is -0.132. The molecule has 74 valence electrons. The van der Waals surface area contributed by atoms with Gasteiger partial charge in [-0.15, -0.1) is 0 Å². The summed E-state index contributed by atoms with van der Waals surface area (Å²) in [6.07, 6.45) is 1.51. The predicted molar refractivity (Wildman–Crippen MR) is 57.7 cm³/mol. The molecule has 0 saturated carbocycles. The molecule has 0 atom stereocenters. The van der Waals surface area contributed by atoms with E-state index in [0.717, 1.165) is 0 Å². The Hall–Kier alpha value is -0.990. The van der Waals surface area contributed by atoms with E-state index in [0.29, 0.717) is 15.6 Å². The maximum absolute atomic E-state index is 10.5. The van der Waals surface area contributed by atoms with E-state index in [-0.39, 0.29) is 5.57 Å². The van der Waals surface area contributed by atoms with Crippen molar-refractivity contribution in [2.75, 3.05) is 0 Å². The Morgan fingerprint density at radius 3 is 2.21 bits per heavy atom. The zero-order chi connectivity index (χ0) is 10.7. The van der Waals surface area contributed by atoms with Gasteiger partial charge in [-0.1, -0.05) is 23.2 Å². The molecule has 4 heteroatoms. The summed E-state index contributed by atoms with van der Waals surface area (Å²) < 4.78 is 0. The van der Waals surface area contributed by atoms with E-state index in [2.05, 4.69) is 0 Å². The van der Waals surface area contributed by atoms with E-state index in [4.69, 9.17) is 28.3 Å². The second-order valence-electron chi connectivity index (χ2n) is 2.84. The van der Waals surface area contributed by atoms with E-state index in [1.54, 1.807) is 18.2 Å². The average Bonchev–Trinajstić information content (AvgIpc) is 2.01. The van der Waals surface area contributed by atoms with E-state index in [9.17, 15) is 4.79 Å². The molecule has 0 aromatic heterocycles. The molecule has 1 N–H and O–H groups in total. The molecule has 0 unspecified atom stereocenters. The largest absolute Gasteiger partial charge is 0.478 e. The van der Waals surface area contributed by atoms with E-state index < -0.39 is 5.97 Å². The quantitative estimate of drug-likeness (QED) is 0.791. The Kier molecular flexibility index (Phi) is 3.55. The van der Waals surface area contributed by atoms with Crippen molar-refractivity contribution in [3.63, 3.8) is 0 Å². The molecule has 0 heterocycles. The number of hydrogen-bond donors (Lipinski definition) is 1. The Bertz CT molecular complexity index is 377. The maximum atomic E-state index is 10.5. The van der Waals surface area contributed by atoms with Gasteiger partial charge in [0.1, 0.15) is 0 Å². The number of hydrogen-bond acceptors (Lipinski definition) is 1. The molecule has 0 aliphatic rings. The normalized spacial score (nSPS) is 11.5. The lowest BCUT2D eigenvalue weighted by Gasteiger charge is -1.98. The third-order valence-corrected chi connectivity index (χ3v) is 2.04. The topological polar surface area (TPSA) is 37.3 Å². The zero-order valence-corrected chi connectivity index (χ0v) is 8.93. The van der Waals surface area contributed by atoms with Crippen LogP contribution in [0.15, 0.2) is 23.8 Å². The van der Waals surface area contributed by atoms with Crippen molar-refractivity contribution in [1.82, 2.24) is 0 Å². The van der Waals surface area contributed by atoms with Gasteiger partial charge in [-0.05, 0) is 36.8 Å². The van der Waals surface area contributed by atoms with Gasteiger partial charge in [0.25, 0.3) is 0 Å². The fourth-order valence-corrected chi connectivity index (χ4v) is 1.51. The van der Waals surface area contributed by atoms with Crippen LogP contribution in [-0.4, -0.2) is 11.1 Å². The van der Waals surface area contributed by atoms with Crippen molar-refractivity contribution < 1.29 is 9.90 Å². The second-order valence-corrected chi connectivity index (χ2v) is 3.71. The van der Waals surface area contributed by atoms with Gasteiger partial charge in [0, 0.05) is 15.6 Å². The Morgan fingerprint density at radius 1 is 1.29 bits per heavy atom. The molecule has 0 amide bonds. The number of rotatable bonds is 2. The van der Waals surface area contributed by atoms with Crippen LogP contribution in [-0.2, 0) is 4.79 Å². The van der Waals surface area contributed by atoms with Crippen molar-refractivity contribution in [2.24, 2.45) is 0 Å². The minimum absolute atomic E-state index is 0.239. The fourth-order valence-electron chi connectivity index (χ4n) is 0.970. The molecular weight excluding hydrogens is 223 g/mol. The minimum Gasteiger partial charge on any atom is -0.478 e. The van der Waals surface area contributed by atoms with Crippen LogP contribution < -0.4 is 0 Å². The van der Waals surface area contributed by atoms with Gasteiger partial charge >= 0.3 is 5.97 Å². The highest BCUT2D eigenvalue weighted by Crippen LogP contribution is 2.20. The van der Waals surface area contributed by atoms with Crippen LogP contribution in [0.3, 0.4) is 0 Å². The van der Waals surface area contributed by atoms with Crippen LogP contribution in [0.2, 0.25) is 10.0 Å². The number of carboxylic acid groups (broad SMARTS) is 1. The molecule has 0 spiro atoms. The summed E-state index contributed by atoms with van der Waals surface area (Å²) in [4.78, 5) is 10.5. The molecule has 0 radical (unpaired) electrons. The molecule has 1 aromatic carbocycles. The SMILES string of the molecule is C/C(=C/c1cc(Cl)cc(Cl)c1)C(=O)O. The molecule has 0 aliphatic heterocycles. The van der Waals surface area contributed by atoms with Gasteiger partial charge in [-0.25, -0.2) is 4.79 Å². The molecule has 0 fully saturated rings. The first-order valence-electron chi connectivity index (χ1n) is 3.87. The van der Waals surface area contributed by atoms with Gasteiger partial charge in [0.15, 0.2) is 0 Å². The standard InChI is InChI=1S/C10H8Cl2O2/c1-6(10(13)14)2-7-3-8(11)5-9(12)4-7/h2-5H,1H3,(H,13,14)/b6-2-. The molecular formula is C10H8Cl2O2. The molecule has 0 saturated heterocycles. The highest BCUT2D eigenvalue weighted by Gasteiger charge is 2.01. The Morgan fingerprint density at radius 2 is 1.79 bits per heavy atom. The number of benzene rings is 1. The molecule has 1 rings (SSSR count). The van der Waals surface area contributed by atoms with Gasteiger partial charge in [-0.2, -0.15) is 0 Å². The van der Waals surface area contributed by atoms with Crippen molar-refractivity contribution in [3.05, 3.63) is 39.4 Å². The first kappa shape index (κ1) is 11.1. The van der Waals surface area contributed by atoms with Crippen molar-refractivity contribution in [1.29, 1.82) is 0 Å². The summed E-state index contributed by atoms with van der Waals surface area (Å²) in [6, 6.07) is 4.90. The summed E-state index contributed by atoms with van der Waals surface area (Å²) >= 11 is 11.5. The van der Waals surface area contributed by atoms with E-state index in [1.807, 2.05) is 0 Å². The first-order chi connectivity index (χ1) is 6.49. The summed E-state index contributed by atoms with van der Waals surface area (Å²) in [6.45, 7) is 1.51. The number of aliphatic carboxylic acids is 1. The molecule has 1 aromatic rings. The van der Waals surface area contributed by atoms with Crippen LogP contribution in [0.4, 0.5) is 0 Å². The van der Waals surface area contributed by atoms with Crippen LogP contribution in [0.25, 0.3) is 6.08 Å². The van der Waals surface area contributed by atoms with Gasteiger partial charge in [0.05, 0.1) is 0 Å². The highest BCUT2D eigenvalue weighted by atomic mass is 35.5. The number of halogens is 2. The molecule has 0 aliphatic carbocycles. The fraction of sp³-hybridized carbons (Fsp3) is 0.100. The van der Waals surface area contributed by atoms with Crippen molar-refractivity contribution in [2.45, 2.75) is 6.92 Å². The number of carbonyl (C=O) groups is 1.